The van der Waals surface area contributed by atoms with E-state index in [0.29, 0.717) is 18.8 Å². The van der Waals surface area contributed by atoms with Crippen LogP contribution in [-0.2, 0) is 0 Å². The first-order valence-corrected chi connectivity index (χ1v) is 8.51. The molecule has 0 bridgehead atoms. The third-order valence-electron chi connectivity index (χ3n) is 4.01. The Morgan fingerprint density at radius 2 is 1.57 bits per heavy atom. The molecule has 0 radical (unpaired) electrons. The van der Waals surface area contributed by atoms with Crippen molar-refractivity contribution < 1.29 is 23.0 Å². The van der Waals surface area contributed by atoms with E-state index in [9.17, 15) is 13.6 Å². The second kappa shape index (κ2) is 10.8. The van der Waals surface area contributed by atoms with E-state index in [1.54, 1.807) is 26.2 Å². The minimum absolute atomic E-state index is 0. The summed E-state index contributed by atoms with van der Waals surface area (Å²) in [5, 5.41) is 0. The summed E-state index contributed by atoms with van der Waals surface area (Å²) >= 11 is 0. The zero-order chi connectivity index (χ0) is 20.0. The van der Waals surface area contributed by atoms with Gasteiger partial charge in [0.05, 0.1) is 6.61 Å². The third-order valence-corrected chi connectivity index (χ3v) is 4.01. The number of hydrogen-bond donors (Lipinski definition) is 0. The fourth-order valence-electron chi connectivity index (χ4n) is 2.53. The highest BCUT2D eigenvalue weighted by molar-refractivity contribution is 5.85. The van der Waals surface area contributed by atoms with Crippen LogP contribution in [0.1, 0.15) is 18.0 Å². The van der Waals surface area contributed by atoms with Gasteiger partial charge < -0.3 is 19.3 Å². The van der Waals surface area contributed by atoms with Crippen LogP contribution in [0, 0.1) is 11.6 Å². The molecule has 5 nitrogen and oxygen atoms in total. The Labute approximate surface area is 170 Å². The van der Waals surface area contributed by atoms with Crippen molar-refractivity contribution in [3.63, 3.8) is 0 Å². The summed E-state index contributed by atoms with van der Waals surface area (Å²) in [5.41, 5.74) is 1.03. The molecule has 2 rings (SSSR count). The van der Waals surface area contributed by atoms with Gasteiger partial charge in [-0.25, -0.2) is 13.6 Å². The molecule has 0 N–H and O–H groups in total. The second-order valence-corrected chi connectivity index (χ2v) is 6.52. The molecule has 0 aliphatic rings. The van der Waals surface area contributed by atoms with E-state index < -0.39 is 17.7 Å². The number of rotatable bonds is 7. The van der Waals surface area contributed by atoms with Crippen molar-refractivity contribution in [3.8, 4) is 11.5 Å². The van der Waals surface area contributed by atoms with Gasteiger partial charge in [0.15, 0.2) is 11.6 Å². The normalized spacial score (nSPS) is 11.5. The second-order valence-electron chi connectivity index (χ2n) is 6.52. The summed E-state index contributed by atoms with van der Waals surface area (Å²) in [4.78, 5) is 15.0. The Hall–Kier alpha value is -2.38. The van der Waals surface area contributed by atoms with Gasteiger partial charge >= 0.3 is 6.09 Å². The van der Waals surface area contributed by atoms with Gasteiger partial charge in [0.25, 0.3) is 0 Å². The maximum Gasteiger partial charge on any atom is 0.414 e. The van der Waals surface area contributed by atoms with Crippen LogP contribution in [0.15, 0.2) is 42.5 Å². The Morgan fingerprint density at radius 3 is 2.11 bits per heavy atom. The zero-order valence-electron chi connectivity index (χ0n) is 16.3. The largest absolute Gasteiger partial charge is 0.493 e. The average Bonchev–Trinajstić information content (AvgIpc) is 2.62. The smallest absolute Gasteiger partial charge is 0.414 e. The van der Waals surface area contributed by atoms with Crippen molar-refractivity contribution in [3.05, 3.63) is 59.7 Å². The number of nitrogens with zero attached hydrogens (tertiary/aromatic N) is 2. The summed E-state index contributed by atoms with van der Waals surface area (Å²) < 4.78 is 36.9. The molecular weight excluding hydrogens is 390 g/mol. The number of carbonyl (C=O) groups is 1. The van der Waals surface area contributed by atoms with Crippen LogP contribution in [0.3, 0.4) is 0 Å². The fourth-order valence-corrected chi connectivity index (χ4v) is 2.53. The molecule has 0 aliphatic heterocycles. The van der Waals surface area contributed by atoms with Crippen molar-refractivity contribution in [2.75, 3.05) is 34.8 Å². The molecule has 0 aliphatic carbocycles. The fraction of sp³-hybridized carbons (Fsp3) is 0.350. The Morgan fingerprint density at radius 1 is 0.964 bits per heavy atom. The summed E-state index contributed by atoms with van der Waals surface area (Å²) in [6.07, 6.45) is 0.204. The number of halogens is 3. The van der Waals surface area contributed by atoms with Crippen LogP contribution >= 0.6 is 12.4 Å². The summed E-state index contributed by atoms with van der Waals surface area (Å²) in [5.74, 6) is -1.08. The van der Waals surface area contributed by atoms with Crippen LogP contribution in [0.2, 0.25) is 0 Å². The van der Waals surface area contributed by atoms with E-state index in [1.807, 2.05) is 31.1 Å². The van der Waals surface area contributed by atoms with Crippen LogP contribution in [0.4, 0.5) is 13.6 Å². The van der Waals surface area contributed by atoms with Gasteiger partial charge in [-0.2, -0.15) is 0 Å². The summed E-state index contributed by atoms with van der Waals surface area (Å²) in [6, 6.07) is 10.8. The monoisotopic (exact) mass is 414 g/mol. The first-order chi connectivity index (χ1) is 12.8. The molecule has 0 heterocycles. The molecule has 0 saturated heterocycles. The Bertz CT molecular complexity index is 771. The van der Waals surface area contributed by atoms with E-state index in [-0.39, 0.29) is 24.2 Å². The molecule has 0 fully saturated rings. The molecule has 0 saturated carbocycles. The minimum Gasteiger partial charge on any atom is -0.493 e. The van der Waals surface area contributed by atoms with Gasteiger partial charge in [-0.1, -0.05) is 12.1 Å². The Balaban J connectivity index is 0.00000392. The highest BCUT2D eigenvalue weighted by Crippen LogP contribution is 2.25. The molecule has 154 valence electrons. The minimum atomic E-state index is -0.931. The lowest BCUT2D eigenvalue weighted by Crippen LogP contribution is -2.25. The van der Waals surface area contributed by atoms with Crippen LogP contribution < -0.4 is 9.47 Å². The number of hydrogen-bond acceptors (Lipinski definition) is 4. The summed E-state index contributed by atoms with van der Waals surface area (Å²) in [6.45, 7) is 0.339. The van der Waals surface area contributed by atoms with Crippen molar-refractivity contribution in [1.29, 1.82) is 0 Å². The molecule has 0 aromatic heterocycles. The number of carbonyl (C=O) groups excluding carboxylic acids is 1. The van der Waals surface area contributed by atoms with Crippen molar-refractivity contribution in [2.45, 2.75) is 12.5 Å². The molecule has 2 aromatic rings. The van der Waals surface area contributed by atoms with Crippen molar-refractivity contribution in [1.82, 2.24) is 9.80 Å². The molecule has 1 unspecified atom stereocenters. The van der Waals surface area contributed by atoms with Gasteiger partial charge in [-0.3, -0.25) is 0 Å². The van der Waals surface area contributed by atoms with Crippen LogP contribution in [-0.4, -0.2) is 50.7 Å². The number of benzene rings is 2. The van der Waals surface area contributed by atoms with Crippen LogP contribution in [0.25, 0.3) is 0 Å². The zero-order valence-corrected chi connectivity index (χ0v) is 17.1. The molecular formula is C20H25ClF2N2O3. The van der Waals surface area contributed by atoms with Gasteiger partial charge in [0, 0.05) is 32.6 Å². The SMILES string of the molecule is CN(C)C(=O)Oc1ccc(C(CCOc2ccc(F)c(F)c2)N(C)C)cc1.Cl. The van der Waals surface area contributed by atoms with Crippen molar-refractivity contribution >= 4 is 18.5 Å². The molecule has 1 amide bonds. The topological polar surface area (TPSA) is 42.0 Å². The molecule has 28 heavy (non-hydrogen) atoms. The molecule has 2 aromatic carbocycles. The standard InChI is InChI=1S/C20H24F2N2O3.ClH/c1-23(2)19(11-12-26-16-9-10-17(21)18(22)13-16)14-5-7-15(8-6-14)27-20(25)24(3)4;/h5-10,13,19H,11-12H2,1-4H3;1H. The third kappa shape index (κ3) is 6.65. The van der Waals surface area contributed by atoms with Crippen LogP contribution in [0.5, 0.6) is 11.5 Å². The summed E-state index contributed by atoms with van der Waals surface area (Å²) in [7, 11) is 7.13. The first kappa shape index (κ1) is 23.7. The number of amides is 1. The van der Waals surface area contributed by atoms with E-state index >= 15 is 0 Å². The van der Waals surface area contributed by atoms with Gasteiger partial charge in [0.1, 0.15) is 11.5 Å². The number of ether oxygens (including phenoxy) is 2. The van der Waals surface area contributed by atoms with Gasteiger partial charge in [-0.05, 0) is 43.9 Å². The highest BCUT2D eigenvalue weighted by atomic mass is 35.5. The maximum atomic E-state index is 13.2. The first-order valence-electron chi connectivity index (χ1n) is 8.51. The quantitative estimate of drug-likeness (QED) is 0.668. The maximum absolute atomic E-state index is 13.2. The van der Waals surface area contributed by atoms with E-state index in [1.165, 1.54) is 11.0 Å². The van der Waals surface area contributed by atoms with E-state index in [0.717, 1.165) is 17.7 Å². The predicted molar refractivity (Wildman–Crippen MR) is 106 cm³/mol. The van der Waals surface area contributed by atoms with E-state index in [4.69, 9.17) is 9.47 Å². The lowest BCUT2D eigenvalue weighted by molar-refractivity contribution is 0.172. The van der Waals surface area contributed by atoms with Gasteiger partial charge in [0.2, 0.25) is 0 Å². The predicted octanol–water partition coefficient (Wildman–Crippen LogP) is 4.52. The average molecular weight is 415 g/mol. The molecule has 1 atom stereocenters. The lowest BCUT2D eigenvalue weighted by Gasteiger charge is -2.25. The molecule has 0 spiro atoms. The molecule has 8 heteroatoms. The van der Waals surface area contributed by atoms with E-state index in [2.05, 4.69) is 0 Å². The highest BCUT2D eigenvalue weighted by Gasteiger charge is 2.15. The van der Waals surface area contributed by atoms with Crippen molar-refractivity contribution in [2.24, 2.45) is 0 Å². The lowest BCUT2D eigenvalue weighted by atomic mass is 10.0. The van der Waals surface area contributed by atoms with Gasteiger partial charge in [-0.15, -0.1) is 12.4 Å². The Kier molecular flexibility index (Phi) is 9.15.